The maximum atomic E-state index is 12.3. The fraction of sp³-hybridized carbons (Fsp3) is 0.235. The molecule has 0 spiro atoms. The van der Waals surface area contributed by atoms with E-state index in [0.717, 1.165) is 11.3 Å². The van der Waals surface area contributed by atoms with Crippen LogP contribution in [0.15, 0.2) is 47.4 Å². The molecule has 0 bridgehead atoms. The van der Waals surface area contributed by atoms with Gasteiger partial charge in [-0.25, -0.2) is 0 Å². The lowest BCUT2D eigenvalue weighted by Gasteiger charge is -2.13. The number of rotatable bonds is 7. The van der Waals surface area contributed by atoms with Crippen molar-refractivity contribution in [2.45, 2.75) is 17.2 Å². The van der Waals surface area contributed by atoms with Crippen LogP contribution < -0.4 is 20.1 Å². The zero-order chi connectivity index (χ0) is 18.2. The van der Waals surface area contributed by atoms with Crippen LogP contribution in [-0.2, 0) is 6.54 Å². The van der Waals surface area contributed by atoms with E-state index in [1.54, 1.807) is 38.5 Å². The molecule has 2 N–H and O–H groups in total. The number of alkyl halides is 2. The number of ether oxygens (including phenoxy) is 2. The normalized spacial score (nSPS) is 10.4. The number of methoxy groups -OCH3 is 2. The van der Waals surface area contributed by atoms with Gasteiger partial charge in [-0.1, -0.05) is 17.8 Å². The smallest absolute Gasteiger partial charge is 0.288 e. The van der Waals surface area contributed by atoms with Gasteiger partial charge in [0.25, 0.3) is 5.76 Å². The van der Waals surface area contributed by atoms with Gasteiger partial charge in [0.15, 0.2) is 16.6 Å². The summed E-state index contributed by atoms with van der Waals surface area (Å²) in [6, 6.07) is 12.3. The van der Waals surface area contributed by atoms with Gasteiger partial charge in [0, 0.05) is 17.1 Å². The van der Waals surface area contributed by atoms with E-state index in [9.17, 15) is 8.78 Å². The Hall–Kier alpha value is -2.06. The maximum Gasteiger partial charge on any atom is 0.288 e. The van der Waals surface area contributed by atoms with Gasteiger partial charge in [-0.15, -0.1) is 0 Å². The predicted molar refractivity (Wildman–Crippen MR) is 101 cm³/mol. The molecule has 0 aliphatic rings. The Bertz CT molecular complexity index is 712. The summed E-state index contributed by atoms with van der Waals surface area (Å²) in [6.07, 6.45) is 0. The largest absolute Gasteiger partial charge is 0.493 e. The van der Waals surface area contributed by atoms with Crippen molar-refractivity contribution in [2.75, 3.05) is 19.5 Å². The molecule has 2 aromatic rings. The summed E-state index contributed by atoms with van der Waals surface area (Å²) in [6.45, 7) is 0.505. The van der Waals surface area contributed by atoms with E-state index < -0.39 is 5.76 Å². The van der Waals surface area contributed by atoms with Crippen LogP contribution in [0.4, 0.5) is 14.5 Å². The average molecular weight is 384 g/mol. The predicted octanol–water partition coefficient (Wildman–Crippen LogP) is 4.51. The Balaban J connectivity index is 1.88. The first-order chi connectivity index (χ1) is 12.0. The number of hydrogen-bond acceptors (Lipinski definition) is 4. The number of halogens is 2. The summed E-state index contributed by atoms with van der Waals surface area (Å²) >= 11 is 5.75. The van der Waals surface area contributed by atoms with Gasteiger partial charge in [-0.2, -0.15) is 8.78 Å². The van der Waals surface area contributed by atoms with Crippen LogP contribution in [0.5, 0.6) is 11.5 Å². The minimum absolute atomic E-state index is 0.434. The van der Waals surface area contributed by atoms with Crippen LogP contribution in [0, 0.1) is 0 Å². The number of nitrogens with one attached hydrogen (secondary N) is 2. The third-order valence-corrected chi connectivity index (χ3v) is 4.21. The molecule has 0 aliphatic heterocycles. The van der Waals surface area contributed by atoms with Crippen LogP contribution >= 0.6 is 24.0 Å². The third kappa shape index (κ3) is 6.06. The first kappa shape index (κ1) is 19.3. The van der Waals surface area contributed by atoms with E-state index in [-0.39, 0.29) is 0 Å². The minimum Gasteiger partial charge on any atom is -0.493 e. The Morgan fingerprint density at radius 1 is 1.08 bits per heavy atom. The molecule has 0 unspecified atom stereocenters. The minimum atomic E-state index is -2.43. The summed E-state index contributed by atoms with van der Waals surface area (Å²) in [5.74, 6) is -1.12. The molecular formula is C17H18F2N2O2S2. The van der Waals surface area contributed by atoms with Crippen molar-refractivity contribution < 1.29 is 18.3 Å². The number of benzene rings is 2. The van der Waals surface area contributed by atoms with Crippen molar-refractivity contribution in [1.82, 2.24) is 5.32 Å². The van der Waals surface area contributed by atoms with Gasteiger partial charge in [-0.05, 0) is 54.2 Å². The Kier molecular flexibility index (Phi) is 7.27. The molecule has 0 heterocycles. The lowest BCUT2D eigenvalue weighted by Crippen LogP contribution is -2.27. The summed E-state index contributed by atoms with van der Waals surface area (Å²) < 4.78 is 35.0. The van der Waals surface area contributed by atoms with E-state index in [1.165, 1.54) is 0 Å². The SMILES string of the molecule is COc1ccc(CNC(=S)Nc2ccc(SC(F)F)cc2)cc1OC. The Morgan fingerprint density at radius 3 is 2.36 bits per heavy atom. The molecule has 0 aromatic heterocycles. The molecule has 0 fully saturated rings. The molecule has 8 heteroatoms. The first-order valence-electron chi connectivity index (χ1n) is 7.32. The quantitative estimate of drug-likeness (QED) is 0.541. The summed E-state index contributed by atoms with van der Waals surface area (Å²) in [5, 5.41) is 6.53. The number of hydrogen-bond donors (Lipinski definition) is 2. The first-order valence-corrected chi connectivity index (χ1v) is 8.61. The van der Waals surface area contributed by atoms with Gasteiger partial charge in [0.05, 0.1) is 14.2 Å². The van der Waals surface area contributed by atoms with E-state index >= 15 is 0 Å². The van der Waals surface area contributed by atoms with Gasteiger partial charge in [-0.3, -0.25) is 0 Å². The van der Waals surface area contributed by atoms with E-state index in [2.05, 4.69) is 10.6 Å². The molecule has 0 saturated carbocycles. The van der Waals surface area contributed by atoms with Crippen LogP contribution in [0.1, 0.15) is 5.56 Å². The highest BCUT2D eigenvalue weighted by Gasteiger charge is 2.06. The maximum absolute atomic E-state index is 12.3. The monoisotopic (exact) mass is 384 g/mol. The molecule has 0 saturated heterocycles. The van der Waals surface area contributed by atoms with Gasteiger partial charge in [0.1, 0.15) is 0 Å². The highest BCUT2D eigenvalue weighted by atomic mass is 32.2. The molecule has 4 nitrogen and oxygen atoms in total. The lowest BCUT2D eigenvalue weighted by atomic mass is 10.2. The van der Waals surface area contributed by atoms with Crippen LogP contribution in [0.3, 0.4) is 0 Å². The highest BCUT2D eigenvalue weighted by molar-refractivity contribution is 7.99. The molecule has 25 heavy (non-hydrogen) atoms. The van der Waals surface area contributed by atoms with Crippen molar-refractivity contribution in [3.8, 4) is 11.5 Å². The Morgan fingerprint density at radius 2 is 1.76 bits per heavy atom. The molecule has 2 aromatic carbocycles. The van der Waals surface area contributed by atoms with Crippen LogP contribution in [0.2, 0.25) is 0 Å². The molecule has 0 atom stereocenters. The zero-order valence-corrected chi connectivity index (χ0v) is 15.3. The third-order valence-electron chi connectivity index (χ3n) is 3.24. The van der Waals surface area contributed by atoms with E-state index in [0.29, 0.717) is 39.8 Å². The van der Waals surface area contributed by atoms with Crippen LogP contribution in [0.25, 0.3) is 0 Å². The van der Waals surface area contributed by atoms with Gasteiger partial charge < -0.3 is 20.1 Å². The number of thiocarbonyl (C=S) groups is 1. The summed E-state index contributed by atoms with van der Waals surface area (Å²) in [4.78, 5) is 0.504. The Labute approximate surface area is 154 Å². The van der Waals surface area contributed by atoms with Gasteiger partial charge in [0.2, 0.25) is 0 Å². The fourth-order valence-electron chi connectivity index (χ4n) is 2.07. The molecular weight excluding hydrogens is 366 g/mol. The second-order valence-corrected chi connectivity index (χ2v) is 6.37. The summed E-state index contributed by atoms with van der Waals surface area (Å²) in [5.41, 5.74) is 1.70. The van der Waals surface area contributed by atoms with Crippen molar-refractivity contribution in [3.05, 3.63) is 48.0 Å². The topological polar surface area (TPSA) is 42.5 Å². The highest BCUT2D eigenvalue weighted by Crippen LogP contribution is 2.28. The fourth-order valence-corrected chi connectivity index (χ4v) is 2.76. The van der Waals surface area contributed by atoms with Crippen molar-refractivity contribution in [1.29, 1.82) is 0 Å². The molecule has 134 valence electrons. The number of anilines is 1. The molecule has 0 amide bonds. The molecule has 0 aliphatic carbocycles. The van der Waals surface area contributed by atoms with Crippen molar-refractivity contribution in [3.63, 3.8) is 0 Å². The molecule has 0 radical (unpaired) electrons. The zero-order valence-electron chi connectivity index (χ0n) is 13.7. The lowest BCUT2D eigenvalue weighted by molar-refractivity contribution is 0.252. The second kappa shape index (κ2) is 9.43. The molecule has 2 rings (SSSR count). The van der Waals surface area contributed by atoms with Crippen molar-refractivity contribution in [2.24, 2.45) is 0 Å². The van der Waals surface area contributed by atoms with Crippen molar-refractivity contribution >= 4 is 34.8 Å². The summed E-state index contributed by atoms with van der Waals surface area (Å²) in [7, 11) is 3.16. The standard InChI is InChI=1S/C17H18F2N2O2S2/c1-22-14-8-3-11(9-15(14)23-2)10-20-17(24)21-12-4-6-13(7-5-12)25-16(18)19/h3-9,16H,10H2,1-2H3,(H2,20,21,24). The second-order valence-electron chi connectivity index (χ2n) is 4.90. The van der Waals surface area contributed by atoms with E-state index in [1.807, 2.05) is 18.2 Å². The number of thioether (sulfide) groups is 1. The van der Waals surface area contributed by atoms with Crippen LogP contribution in [-0.4, -0.2) is 25.1 Å². The average Bonchev–Trinajstić information content (AvgIpc) is 2.61. The van der Waals surface area contributed by atoms with E-state index in [4.69, 9.17) is 21.7 Å². The van der Waals surface area contributed by atoms with Gasteiger partial charge >= 0.3 is 0 Å².